The smallest absolute Gasteiger partial charge is 0.407 e. The summed E-state index contributed by atoms with van der Waals surface area (Å²) in [5.74, 6) is -0.895. The van der Waals surface area contributed by atoms with E-state index < -0.39 is 48.6 Å². The zero-order valence-electron chi connectivity index (χ0n) is 21.6. The summed E-state index contributed by atoms with van der Waals surface area (Å²) >= 11 is 0. The van der Waals surface area contributed by atoms with Crippen LogP contribution >= 0.6 is 0 Å². The monoisotopic (exact) mass is 537 g/mol. The van der Waals surface area contributed by atoms with Gasteiger partial charge >= 0.3 is 12.1 Å². The fraction of sp³-hybridized carbons (Fsp3) is 0.440. The van der Waals surface area contributed by atoms with Gasteiger partial charge in [-0.25, -0.2) is 32.3 Å². The van der Waals surface area contributed by atoms with Crippen molar-refractivity contribution in [2.24, 2.45) is 0 Å². The van der Waals surface area contributed by atoms with E-state index in [0.29, 0.717) is 5.82 Å². The predicted molar refractivity (Wildman–Crippen MR) is 132 cm³/mol. The lowest BCUT2D eigenvalue weighted by Crippen LogP contribution is -2.42. The number of carbonyl (C=O) groups excluding carboxylic acids is 2. The molecule has 206 valence electrons. The SMILES string of the molecule is CCOC(=O)c1cnn2ccc(N[C@H](C)c3cc(F)ccc3OC(CNC(=O)OC(C)(C)C)C(F)F)nc12. The Morgan fingerprint density at radius 2 is 1.92 bits per heavy atom. The van der Waals surface area contributed by atoms with Crippen LogP contribution in [0.3, 0.4) is 0 Å². The van der Waals surface area contributed by atoms with Crippen LogP contribution in [0, 0.1) is 5.82 Å². The minimum atomic E-state index is -2.96. The van der Waals surface area contributed by atoms with Gasteiger partial charge in [-0.05, 0) is 58.9 Å². The lowest BCUT2D eigenvalue weighted by Gasteiger charge is -2.24. The average Bonchev–Trinajstić information content (AvgIpc) is 3.24. The number of hydrogen-bond acceptors (Lipinski definition) is 8. The Labute approximate surface area is 217 Å². The Hall–Kier alpha value is -4.03. The van der Waals surface area contributed by atoms with Gasteiger partial charge in [0.05, 0.1) is 25.4 Å². The first-order valence-electron chi connectivity index (χ1n) is 11.9. The number of nitrogens with one attached hydrogen (secondary N) is 2. The number of benzene rings is 1. The molecule has 13 heteroatoms. The van der Waals surface area contributed by atoms with Crippen molar-refractivity contribution in [2.45, 2.75) is 58.8 Å². The third kappa shape index (κ3) is 7.49. The van der Waals surface area contributed by atoms with E-state index in [-0.39, 0.29) is 29.1 Å². The van der Waals surface area contributed by atoms with Gasteiger partial charge in [-0.1, -0.05) is 0 Å². The number of aromatic nitrogens is 3. The highest BCUT2D eigenvalue weighted by Crippen LogP contribution is 2.30. The zero-order chi connectivity index (χ0) is 28.0. The molecule has 10 nitrogen and oxygen atoms in total. The lowest BCUT2D eigenvalue weighted by molar-refractivity contribution is 0.00736. The molecule has 0 saturated heterocycles. The van der Waals surface area contributed by atoms with E-state index in [0.717, 1.165) is 12.1 Å². The molecule has 0 aliphatic carbocycles. The fourth-order valence-electron chi connectivity index (χ4n) is 3.41. The van der Waals surface area contributed by atoms with Crippen molar-refractivity contribution in [3.05, 3.63) is 53.6 Å². The number of halogens is 3. The summed E-state index contributed by atoms with van der Waals surface area (Å²) in [5, 5.41) is 9.39. The molecule has 2 heterocycles. The normalized spacial score (nSPS) is 13.2. The van der Waals surface area contributed by atoms with E-state index in [4.69, 9.17) is 14.2 Å². The third-order valence-electron chi connectivity index (χ3n) is 5.07. The molecule has 0 bridgehead atoms. The number of alkyl carbamates (subject to hydrolysis) is 1. The molecule has 0 aliphatic rings. The van der Waals surface area contributed by atoms with Crippen molar-refractivity contribution in [2.75, 3.05) is 18.5 Å². The van der Waals surface area contributed by atoms with Crippen LogP contribution in [0.2, 0.25) is 0 Å². The van der Waals surface area contributed by atoms with Crippen LogP contribution in [0.15, 0.2) is 36.7 Å². The van der Waals surface area contributed by atoms with Crippen LogP contribution in [-0.4, -0.2) is 57.9 Å². The number of fused-ring (bicyclic) bond motifs is 1. The van der Waals surface area contributed by atoms with Crippen molar-refractivity contribution in [3.63, 3.8) is 0 Å². The number of anilines is 1. The molecule has 3 rings (SSSR count). The van der Waals surface area contributed by atoms with E-state index >= 15 is 0 Å². The van der Waals surface area contributed by atoms with Crippen LogP contribution in [0.5, 0.6) is 5.75 Å². The Morgan fingerprint density at radius 1 is 1.18 bits per heavy atom. The second-order valence-corrected chi connectivity index (χ2v) is 9.28. The fourth-order valence-corrected chi connectivity index (χ4v) is 3.41. The summed E-state index contributed by atoms with van der Waals surface area (Å²) in [6.45, 7) is 7.91. The van der Waals surface area contributed by atoms with E-state index in [1.807, 2.05) is 0 Å². The largest absolute Gasteiger partial charge is 0.482 e. The van der Waals surface area contributed by atoms with Gasteiger partial charge in [-0.15, -0.1) is 0 Å². The van der Waals surface area contributed by atoms with Crippen molar-refractivity contribution in [1.29, 1.82) is 0 Å². The Balaban J connectivity index is 1.79. The van der Waals surface area contributed by atoms with Crippen LogP contribution < -0.4 is 15.4 Å². The predicted octanol–water partition coefficient (Wildman–Crippen LogP) is 4.76. The maximum absolute atomic E-state index is 14.2. The summed E-state index contributed by atoms with van der Waals surface area (Å²) < 4.78 is 58.6. The molecular formula is C25H30F3N5O5. The van der Waals surface area contributed by atoms with Crippen molar-refractivity contribution in [1.82, 2.24) is 19.9 Å². The highest BCUT2D eigenvalue weighted by atomic mass is 19.3. The summed E-state index contributed by atoms with van der Waals surface area (Å²) in [7, 11) is 0. The van der Waals surface area contributed by atoms with Gasteiger partial charge in [0.2, 0.25) is 0 Å². The first-order valence-corrected chi connectivity index (χ1v) is 11.9. The van der Waals surface area contributed by atoms with E-state index in [1.54, 1.807) is 46.9 Å². The molecule has 0 aliphatic heterocycles. The average molecular weight is 538 g/mol. The van der Waals surface area contributed by atoms with Gasteiger partial charge in [0.1, 0.15) is 28.5 Å². The topological polar surface area (TPSA) is 116 Å². The number of hydrogen-bond donors (Lipinski definition) is 2. The number of carbonyl (C=O) groups is 2. The second-order valence-electron chi connectivity index (χ2n) is 9.28. The summed E-state index contributed by atoms with van der Waals surface area (Å²) in [4.78, 5) is 28.5. The van der Waals surface area contributed by atoms with Gasteiger partial charge in [0, 0.05) is 11.8 Å². The Kier molecular flexibility index (Phi) is 9.02. The first kappa shape index (κ1) is 28.5. The number of esters is 1. The molecule has 3 aromatic rings. The number of rotatable bonds is 10. The minimum Gasteiger partial charge on any atom is -0.482 e. The number of nitrogens with zero attached hydrogens (tertiary/aromatic N) is 3. The zero-order valence-corrected chi connectivity index (χ0v) is 21.6. The van der Waals surface area contributed by atoms with Crippen molar-refractivity contribution in [3.8, 4) is 5.75 Å². The molecule has 2 N–H and O–H groups in total. The van der Waals surface area contributed by atoms with Gasteiger partial charge in [0.15, 0.2) is 11.8 Å². The van der Waals surface area contributed by atoms with E-state index in [9.17, 15) is 22.8 Å². The van der Waals surface area contributed by atoms with Gasteiger partial charge in [-0.2, -0.15) is 5.10 Å². The molecule has 0 radical (unpaired) electrons. The molecular weight excluding hydrogens is 507 g/mol. The maximum atomic E-state index is 14.2. The Morgan fingerprint density at radius 3 is 2.58 bits per heavy atom. The van der Waals surface area contributed by atoms with Gasteiger partial charge < -0.3 is 24.8 Å². The molecule has 1 unspecified atom stereocenters. The van der Waals surface area contributed by atoms with E-state index in [2.05, 4.69) is 20.7 Å². The van der Waals surface area contributed by atoms with Crippen LogP contribution in [-0.2, 0) is 9.47 Å². The molecule has 0 saturated carbocycles. The number of ether oxygens (including phenoxy) is 3. The van der Waals surface area contributed by atoms with E-state index in [1.165, 1.54) is 16.8 Å². The molecule has 2 aromatic heterocycles. The van der Waals surface area contributed by atoms with Crippen LogP contribution in [0.1, 0.15) is 56.6 Å². The molecule has 0 spiro atoms. The van der Waals surface area contributed by atoms with Crippen molar-refractivity contribution < 1.29 is 37.0 Å². The first-order chi connectivity index (χ1) is 17.9. The number of amides is 1. The maximum Gasteiger partial charge on any atom is 0.407 e. The van der Waals surface area contributed by atoms with Crippen LogP contribution in [0.25, 0.3) is 5.65 Å². The minimum absolute atomic E-state index is 0.0136. The number of alkyl halides is 2. The van der Waals surface area contributed by atoms with Crippen molar-refractivity contribution >= 4 is 23.5 Å². The quantitative estimate of drug-likeness (QED) is 0.356. The summed E-state index contributed by atoms with van der Waals surface area (Å²) in [6, 6.07) is 4.38. The lowest BCUT2D eigenvalue weighted by atomic mass is 10.1. The third-order valence-corrected chi connectivity index (χ3v) is 5.07. The summed E-state index contributed by atoms with van der Waals surface area (Å²) in [6.07, 6.45) is -2.66. The molecule has 2 atom stereocenters. The second kappa shape index (κ2) is 12.0. The highest BCUT2D eigenvalue weighted by molar-refractivity contribution is 5.95. The van der Waals surface area contributed by atoms with Gasteiger partial charge in [-0.3, -0.25) is 0 Å². The standard InChI is InChI=1S/C25H30F3N5O5/c1-6-36-23(34)17-12-30-33-10-9-20(32-22(17)33)31-14(2)16-11-15(26)7-8-18(16)37-19(21(27)28)13-29-24(35)38-25(3,4)5/h7-12,14,19,21H,6,13H2,1-5H3,(H,29,35)(H,31,32)/t14-,19?/m1/s1. The van der Waals surface area contributed by atoms with Gasteiger partial charge in [0.25, 0.3) is 6.43 Å². The Bertz CT molecular complexity index is 1280. The molecule has 1 amide bonds. The van der Waals surface area contributed by atoms with Crippen LogP contribution in [0.4, 0.5) is 23.8 Å². The molecule has 38 heavy (non-hydrogen) atoms. The summed E-state index contributed by atoms with van der Waals surface area (Å²) in [5.41, 5.74) is -0.173. The highest BCUT2D eigenvalue weighted by Gasteiger charge is 2.27. The molecule has 1 aromatic carbocycles. The molecule has 0 fully saturated rings.